The van der Waals surface area contributed by atoms with Gasteiger partial charge in [0, 0.05) is 28.7 Å². The van der Waals surface area contributed by atoms with Gasteiger partial charge in [0.25, 0.3) is 11.5 Å². The van der Waals surface area contributed by atoms with Gasteiger partial charge in [-0.25, -0.2) is 0 Å². The first-order valence-electron chi connectivity index (χ1n) is 15.5. The summed E-state index contributed by atoms with van der Waals surface area (Å²) in [6.07, 6.45) is 0. The Morgan fingerprint density at radius 3 is 2.09 bits per heavy atom. The summed E-state index contributed by atoms with van der Waals surface area (Å²) in [6, 6.07) is 29.2. The van der Waals surface area contributed by atoms with Crippen LogP contribution in [0.15, 0.2) is 78.9 Å². The van der Waals surface area contributed by atoms with Crippen molar-refractivity contribution in [3.8, 4) is 34.5 Å². The van der Waals surface area contributed by atoms with Crippen molar-refractivity contribution in [1.29, 1.82) is 0 Å². The molecule has 5 aliphatic heterocycles. The molecule has 7 heterocycles. The molecule has 5 aliphatic rings. The average molecular weight is 564 g/mol. The van der Waals surface area contributed by atoms with Crippen LogP contribution in [0.3, 0.4) is 0 Å². The van der Waals surface area contributed by atoms with Gasteiger partial charge in [0.05, 0.1) is 6.07 Å². The Bertz CT molecular complexity index is 2140. The average Bonchev–Trinajstić information content (AvgIpc) is 3.28. The number of rotatable bonds is 2. The standard InChI is InChI=1S/C38H33N3O2/c1-20(2)22-16-27-28-17-23(21(3)4)19-33-41(28)38-34-29(12-9-13-30(34)43-33)42-31-15-14-25-36(35(31)38)39(32(18-22)40(27)38)26-11-8-7-10-24(26)37(25,5)6/h7-21H,1-6H3/q+2. The van der Waals surface area contributed by atoms with Gasteiger partial charge in [-0.1, -0.05) is 71.9 Å². The first-order chi connectivity index (χ1) is 20.7. The number of ether oxygens (including phenoxy) is 2. The maximum Gasteiger partial charge on any atom is 0.381 e. The molecular weight excluding hydrogens is 530 g/mol. The number of hydrogen-bond donors (Lipinski definition) is 0. The topological polar surface area (TPSA) is 29.5 Å². The lowest BCUT2D eigenvalue weighted by atomic mass is 9.70. The van der Waals surface area contributed by atoms with E-state index < -0.39 is 5.66 Å². The molecular formula is C38H33N3O2+2. The van der Waals surface area contributed by atoms with E-state index in [1.54, 1.807) is 0 Å². The van der Waals surface area contributed by atoms with Gasteiger partial charge in [0.1, 0.15) is 17.2 Å². The predicted octanol–water partition coefficient (Wildman–Crippen LogP) is 8.42. The van der Waals surface area contributed by atoms with Gasteiger partial charge in [-0.05, 0) is 53.3 Å². The number of para-hydroxylation sites is 1. The number of hydrogen-bond acceptors (Lipinski definition) is 3. The molecule has 0 radical (unpaired) electrons. The van der Waals surface area contributed by atoms with Crippen LogP contribution in [0.25, 0.3) is 11.4 Å². The SMILES string of the molecule is CC(C)c1cc2[n+]3c(c1)-c1cc(C(C)C)cc4[n+]1C31c3c(cccc3O2)Oc2ccc3c(c21)N4c1ccccc1C3(C)C. The molecule has 0 bridgehead atoms. The molecule has 5 nitrogen and oxygen atoms in total. The van der Waals surface area contributed by atoms with E-state index in [0.29, 0.717) is 11.8 Å². The lowest BCUT2D eigenvalue weighted by molar-refractivity contribution is -0.936. The third-order valence-corrected chi connectivity index (χ3v) is 10.6. The fraction of sp³-hybridized carbons (Fsp3) is 0.263. The second kappa shape index (κ2) is 7.28. The van der Waals surface area contributed by atoms with E-state index in [9.17, 15) is 0 Å². The number of pyridine rings is 2. The van der Waals surface area contributed by atoms with Crippen LogP contribution in [-0.2, 0) is 11.1 Å². The van der Waals surface area contributed by atoms with Crippen LogP contribution in [0.1, 0.15) is 86.8 Å². The van der Waals surface area contributed by atoms with E-state index in [4.69, 9.17) is 9.47 Å². The number of aromatic nitrogens is 2. The molecule has 0 amide bonds. The Morgan fingerprint density at radius 2 is 1.33 bits per heavy atom. The van der Waals surface area contributed by atoms with Crippen molar-refractivity contribution in [1.82, 2.24) is 0 Å². The highest BCUT2D eigenvalue weighted by atomic mass is 16.5. The monoisotopic (exact) mass is 563 g/mol. The molecule has 0 saturated carbocycles. The number of fused-ring (bicyclic) bond motifs is 4. The second-order valence-corrected chi connectivity index (χ2v) is 13.8. The first kappa shape index (κ1) is 23.9. The molecule has 1 atom stereocenters. The molecule has 0 N–H and O–H groups in total. The third kappa shape index (κ3) is 2.48. The Labute approximate surface area is 251 Å². The van der Waals surface area contributed by atoms with E-state index in [0.717, 1.165) is 28.7 Å². The maximum absolute atomic E-state index is 6.83. The first-order valence-corrected chi connectivity index (χ1v) is 15.5. The minimum atomic E-state index is -0.678. The van der Waals surface area contributed by atoms with E-state index in [1.807, 2.05) is 0 Å². The Morgan fingerprint density at radius 1 is 0.651 bits per heavy atom. The van der Waals surface area contributed by atoms with Crippen LogP contribution < -0.4 is 23.5 Å². The van der Waals surface area contributed by atoms with Crippen molar-refractivity contribution in [3.05, 3.63) is 112 Å². The quantitative estimate of drug-likeness (QED) is 0.198. The highest BCUT2D eigenvalue weighted by Crippen LogP contribution is 2.64. The smallest absolute Gasteiger partial charge is 0.381 e. The highest BCUT2D eigenvalue weighted by Gasteiger charge is 2.74. The summed E-state index contributed by atoms with van der Waals surface area (Å²) >= 11 is 0. The zero-order valence-electron chi connectivity index (χ0n) is 25.3. The summed E-state index contributed by atoms with van der Waals surface area (Å²) in [6.45, 7) is 13.8. The van der Waals surface area contributed by atoms with Gasteiger partial charge in [0.15, 0.2) is 22.6 Å². The van der Waals surface area contributed by atoms with Gasteiger partial charge in [-0.3, -0.25) is 0 Å². The molecule has 10 rings (SSSR count). The molecule has 210 valence electrons. The van der Waals surface area contributed by atoms with Crippen molar-refractivity contribution in [2.45, 2.75) is 64.5 Å². The molecule has 0 aliphatic carbocycles. The van der Waals surface area contributed by atoms with Crippen LogP contribution in [0, 0.1) is 0 Å². The van der Waals surface area contributed by atoms with E-state index in [-0.39, 0.29) is 5.41 Å². The van der Waals surface area contributed by atoms with Crippen molar-refractivity contribution < 1.29 is 18.6 Å². The molecule has 5 heteroatoms. The van der Waals surface area contributed by atoms with Crippen molar-refractivity contribution in [3.63, 3.8) is 0 Å². The van der Waals surface area contributed by atoms with Gasteiger partial charge in [-0.2, -0.15) is 4.90 Å². The van der Waals surface area contributed by atoms with Crippen LogP contribution in [-0.4, -0.2) is 0 Å². The van der Waals surface area contributed by atoms with E-state index >= 15 is 0 Å². The zero-order valence-corrected chi connectivity index (χ0v) is 25.3. The summed E-state index contributed by atoms with van der Waals surface area (Å²) in [5, 5.41) is 0. The van der Waals surface area contributed by atoms with Crippen molar-refractivity contribution in [2.24, 2.45) is 0 Å². The van der Waals surface area contributed by atoms with Gasteiger partial charge in [0.2, 0.25) is 5.69 Å². The molecule has 2 aromatic heterocycles. The maximum atomic E-state index is 6.83. The fourth-order valence-corrected chi connectivity index (χ4v) is 8.51. The molecule has 5 aromatic rings. The Balaban J connectivity index is 1.49. The molecule has 43 heavy (non-hydrogen) atoms. The largest absolute Gasteiger partial charge is 0.455 e. The Hall–Kier alpha value is -4.64. The lowest BCUT2D eigenvalue weighted by Gasteiger charge is -2.45. The number of benzene rings is 3. The van der Waals surface area contributed by atoms with Crippen molar-refractivity contribution >= 4 is 17.2 Å². The minimum Gasteiger partial charge on any atom is -0.455 e. The lowest BCUT2D eigenvalue weighted by Crippen LogP contribution is -2.75. The zero-order chi connectivity index (χ0) is 29.2. The van der Waals surface area contributed by atoms with Gasteiger partial charge < -0.3 is 9.47 Å². The summed E-state index contributed by atoms with van der Waals surface area (Å²) in [4.78, 5) is 2.53. The summed E-state index contributed by atoms with van der Waals surface area (Å²) in [5.74, 6) is 5.39. The van der Waals surface area contributed by atoms with Crippen LogP contribution >= 0.6 is 0 Å². The summed E-state index contributed by atoms with van der Waals surface area (Å²) in [5.41, 5.74) is 11.5. The molecule has 0 saturated heterocycles. The number of anilines is 3. The van der Waals surface area contributed by atoms with E-state index in [1.165, 1.54) is 56.4 Å². The van der Waals surface area contributed by atoms with Crippen LogP contribution in [0.4, 0.5) is 17.2 Å². The molecule has 1 spiro atoms. The minimum absolute atomic E-state index is 0.198. The van der Waals surface area contributed by atoms with Gasteiger partial charge in [-0.15, -0.1) is 9.13 Å². The fourth-order valence-electron chi connectivity index (χ4n) is 8.51. The third-order valence-electron chi connectivity index (χ3n) is 10.6. The predicted molar refractivity (Wildman–Crippen MR) is 165 cm³/mol. The van der Waals surface area contributed by atoms with Gasteiger partial charge >= 0.3 is 11.5 Å². The van der Waals surface area contributed by atoms with E-state index in [2.05, 4.69) is 134 Å². The number of nitrogens with zero attached hydrogens (tertiary/aromatic N) is 3. The highest BCUT2D eigenvalue weighted by molar-refractivity contribution is 5.90. The normalized spacial score (nSPS) is 19.5. The van der Waals surface area contributed by atoms with Crippen molar-refractivity contribution in [2.75, 3.05) is 4.90 Å². The molecule has 3 aromatic carbocycles. The Kier molecular flexibility index (Phi) is 4.04. The summed E-state index contributed by atoms with van der Waals surface area (Å²) < 4.78 is 18.7. The molecule has 1 unspecified atom stereocenters. The van der Waals surface area contributed by atoms with Crippen LogP contribution in [0.5, 0.6) is 23.1 Å². The van der Waals surface area contributed by atoms with Crippen LogP contribution in [0.2, 0.25) is 0 Å². The molecule has 0 fully saturated rings. The second-order valence-electron chi connectivity index (χ2n) is 13.8. The summed E-state index contributed by atoms with van der Waals surface area (Å²) in [7, 11) is 0.